The van der Waals surface area contributed by atoms with Crippen molar-refractivity contribution in [2.75, 3.05) is 0 Å². The predicted molar refractivity (Wildman–Crippen MR) is 84.2 cm³/mol. The second-order valence-corrected chi connectivity index (χ2v) is 5.62. The molecule has 0 spiro atoms. The normalized spacial score (nSPS) is 13.5. The van der Waals surface area contributed by atoms with Crippen LogP contribution in [0.4, 0.5) is 22.0 Å². The molecule has 0 unspecified atom stereocenters. The molecule has 2 N–H and O–H groups in total. The zero-order valence-corrected chi connectivity index (χ0v) is 13.6. The van der Waals surface area contributed by atoms with Gasteiger partial charge in [-0.15, -0.1) is 0 Å². The van der Waals surface area contributed by atoms with Crippen LogP contribution >= 0.6 is 0 Å². The number of alkyl halides is 4. The maximum absolute atomic E-state index is 14.1. The Labute approximate surface area is 150 Å². The minimum Gasteiger partial charge on any atom is -0.369 e. The molecule has 0 saturated heterocycles. The number of hydrogen-bond acceptors (Lipinski definition) is 3. The average molecular weight is 384 g/mol. The number of aliphatic hydroxyl groups is 1. The molecule has 4 nitrogen and oxygen atoms in total. The molecule has 2 rings (SSSR count). The molecular weight excluding hydrogens is 371 g/mol. The maximum atomic E-state index is 14.1. The summed E-state index contributed by atoms with van der Waals surface area (Å²) in [6.07, 6.45) is -5.35. The third-order valence-electron chi connectivity index (χ3n) is 3.85. The van der Waals surface area contributed by atoms with E-state index in [2.05, 4.69) is 0 Å². The van der Waals surface area contributed by atoms with Gasteiger partial charge in [0.25, 0.3) is 11.5 Å². The number of nitrogens with one attached hydrogen (secondary N) is 1. The third kappa shape index (κ3) is 3.90. The van der Waals surface area contributed by atoms with Gasteiger partial charge in [0.05, 0.1) is 5.56 Å². The van der Waals surface area contributed by atoms with Crippen LogP contribution in [-0.2, 0) is 23.6 Å². The third-order valence-corrected chi connectivity index (χ3v) is 3.85. The molecule has 1 atom stereocenters. The zero-order chi connectivity index (χ0) is 20.2. The lowest BCUT2D eigenvalue weighted by Crippen LogP contribution is -2.54. The van der Waals surface area contributed by atoms with E-state index in [1.807, 2.05) is 5.32 Å². The molecule has 0 aliphatic carbocycles. The van der Waals surface area contributed by atoms with Crippen LogP contribution in [0.25, 0.3) is 0 Å². The van der Waals surface area contributed by atoms with E-state index in [1.54, 1.807) is 0 Å². The quantitative estimate of drug-likeness (QED) is 0.778. The van der Waals surface area contributed by atoms with Crippen molar-refractivity contribution >= 4 is 5.91 Å². The number of benzene rings is 2. The lowest BCUT2D eigenvalue weighted by atomic mass is 9.92. The van der Waals surface area contributed by atoms with Crippen LogP contribution in [0.1, 0.15) is 22.3 Å². The van der Waals surface area contributed by atoms with Crippen molar-refractivity contribution in [1.29, 1.82) is 5.26 Å². The highest BCUT2D eigenvalue weighted by Gasteiger charge is 2.60. The maximum Gasteiger partial charge on any atom is 0.430 e. The molecule has 0 radical (unpaired) electrons. The van der Waals surface area contributed by atoms with Crippen LogP contribution in [-0.4, -0.2) is 17.2 Å². The standard InChI is InChI=1S/C18H13F5N2O2/c19-8-11-6-12(9-24)15(20)13(7-11)10-25-16(26)17(27,18(21,22)23)14-4-2-1-3-5-14/h1-7,27H,8,10H2,(H,25,26)/t17-/m1/s1. The van der Waals surface area contributed by atoms with E-state index in [4.69, 9.17) is 5.26 Å². The van der Waals surface area contributed by atoms with Crippen LogP contribution in [0.3, 0.4) is 0 Å². The number of carbonyl (C=O) groups is 1. The SMILES string of the molecule is N#Cc1cc(CF)cc(CNC(=O)[C@](O)(c2ccccc2)C(F)(F)F)c1F. The molecule has 9 heteroatoms. The second-order valence-electron chi connectivity index (χ2n) is 5.62. The van der Waals surface area contributed by atoms with Crippen molar-refractivity contribution in [3.05, 3.63) is 70.5 Å². The Hall–Kier alpha value is -2.99. The van der Waals surface area contributed by atoms with Gasteiger partial charge in [0, 0.05) is 17.7 Å². The van der Waals surface area contributed by atoms with Crippen LogP contribution in [0.2, 0.25) is 0 Å². The summed E-state index contributed by atoms with van der Waals surface area (Å²) in [6, 6.07) is 9.10. The molecule has 1 amide bonds. The largest absolute Gasteiger partial charge is 0.430 e. The van der Waals surface area contributed by atoms with Crippen LogP contribution in [0.5, 0.6) is 0 Å². The van der Waals surface area contributed by atoms with Gasteiger partial charge in [-0.25, -0.2) is 8.78 Å². The van der Waals surface area contributed by atoms with E-state index < -0.39 is 47.8 Å². The van der Waals surface area contributed by atoms with E-state index in [-0.39, 0.29) is 11.1 Å². The molecule has 0 bridgehead atoms. The first-order valence-corrected chi connectivity index (χ1v) is 7.55. The number of nitrogens with zero attached hydrogens (tertiary/aromatic N) is 1. The van der Waals surface area contributed by atoms with Crippen LogP contribution in [0.15, 0.2) is 42.5 Å². The summed E-state index contributed by atoms with van der Waals surface area (Å²) in [4.78, 5) is 12.2. The van der Waals surface area contributed by atoms with E-state index in [1.165, 1.54) is 24.3 Å². The lowest BCUT2D eigenvalue weighted by molar-refractivity contribution is -0.257. The summed E-state index contributed by atoms with van der Waals surface area (Å²) < 4.78 is 67.1. The van der Waals surface area contributed by atoms with Crippen molar-refractivity contribution in [1.82, 2.24) is 5.32 Å². The van der Waals surface area contributed by atoms with Crippen molar-refractivity contribution < 1.29 is 31.9 Å². The van der Waals surface area contributed by atoms with Crippen molar-refractivity contribution in [2.24, 2.45) is 0 Å². The van der Waals surface area contributed by atoms with Crippen molar-refractivity contribution in [2.45, 2.75) is 25.0 Å². The fourth-order valence-corrected chi connectivity index (χ4v) is 2.44. The summed E-state index contributed by atoms with van der Waals surface area (Å²) >= 11 is 0. The Kier molecular flexibility index (Phi) is 5.81. The Bertz CT molecular complexity index is 878. The number of halogens is 5. The van der Waals surface area contributed by atoms with Gasteiger partial charge in [-0.3, -0.25) is 4.79 Å². The van der Waals surface area contributed by atoms with Gasteiger partial charge in [-0.2, -0.15) is 18.4 Å². The topological polar surface area (TPSA) is 73.1 Å². The number of nitriles is 1. The minimum absolute atomic E-state index is 0.0775. The van der Waals surface area contributed by atoms with Crippen LogP contribution in [0, 0.1) is 17.1 Å². The van der Waals surface area contributed by atoms with Gasteiger partial charge in [0.15, 0.2) is 0 Å². The molecule has 27 heavy (non-hydrogen) atoms. The second kappa shape index (κ2) is 7.72. The zero-order valence-electron chi connectivity index (χ0n) is 13.6. The molecule has 0 aliphatic rings. The first-order chi connectivity index (χ1) is 12.6. The highest BCUT2D eigenvalue weighted by Crippen LogP contribution is 2.39. The summed E-state index contributed by atoms with van der Waals surface area (Å²) in [5.41, 5.74) is -5.55. The summed E-state index contributed by atoms with van der Waals surface area (Å²) in [5, 5.41) is 20.7. The molecular formula is C18H13F5N2O2. The van der Waals surface area contributed by atoms with Gasteiger partial charge in [0.2, 0.25) is 0 Å². The Morgan fingerprint density at radius 3 is 2.33 bits per heavy atom. The smallest absolute Gasteiger partial charge is 0.369 e. The lowest BCUT2D eigenvalue weighted by Gasteiger charge is -2.29. The van der Waals surface area contributed by atoms with Gasteiger partial charge in [0.1, 0.15) is 18.6 Å². The van der Waals surface area contributed by atoms with Crippen molar-refractivity contribution in [3.63, 3.8) is 0 Å². The van der Waals surface area contributed by atoms with Crippen molar-refractivity contribution in [3.8, 4) is 6.07 Å². The number of rotatable bonds is 5. The molecule has 0 heterocycles. The fourth-order valence-electron chi connectivity index (χ4n) is 2.44. The number of carbonyl (C=O) groups excluding carboxylic acids is 1. The monoisotopic (exact) mass is 384 g/mol. The highest BCUT2D eigenvalue weighted by atomic mass is 19.4. The molecule has 0 fully saturated rings. The number of hydrogen-bond donors (Lipinski definition) is 2. The average Bonchev–Trinajstić information content (AvgIpc) is 2.65. The fraction of sp³-hybridized carbons (Fsp3) is 0.222. The van der Waals surface area contributed by atoms with E-state index >= 15 is 0 Å². The first-order valence-electron chi connectivity index (χ1n) is 7.55. The van der Waals surface area contributed by atoms with Gasteiger partial charge in [-0.1, -0.05) is 30.3 Å². The van der Waals surface area contributed by atoms with Crippen LogP contribution < -0.4 is 5.32 Å². The molecule has 142 valence electrons. The summed E-state index contributed by atoms with van der Waals surface area (Å²) in [5.74, 6) is -2.92. The molecule has 2 aromatic carbocycles. The molecule has 0 aliphatic heterocycles. The first kappa shape index (κ1) is 20.3. The number of amides is 1. The predicted octanol–water partition coefficient (Wildman–Crippen LogP) is 3.23. The Balaban J connectivity index is 2.35. The highest BCUT2D eigenvalue weighted by molar-refractivity contribution is 5.87. The molecule has 0 aromatic heterocycles. The molecule has 2 aromatic rings. The van der Waals surface area contributed by atoms with E-state index in [9.17, 15) is 31.9 Å². The summed E-state index contributed by atoms with van der Waals surface area (Å²) in [6.45, 7) is -1.81. The van der Waals surface area contributed by atoms with Gasteiger partial charge >= 0.3 is 6.18 Å². The Morgan fingerprint density at radius 1 is 1.19 bits per heavy atom. The Morgan fingerprint density at radius 2 is 1.81 bits per heavy atom. The van der Waals surface area contributed by atoms with Gasteiger partial charge in [-0.05, 0) is 17.7 Å². The minimum atomic E-state index is -5.35. The summed E-state index contributed by atoms with van der Waals surface area (Å²) in [7, 11) is 0. The van der Waals surface area contributed by atoms with E-state index in [0.29, 0.717) is 0 Å². The van der Waals surface area contributed by atoms with E-state index in [0.717, 1.165) is 24.3 Å². The molecule has 0 saturated carbocycles. The van der Waals surface area contributed by atoms with Gasteiger partial charge < -0.3 is 10.4 Å².